The van der Waals surface area contributed by atoms with Crippen molar-refractivity contribution in [1.29, 1.82) is 5.26 Å². The Morgan fingerprint density at radius 2 is 1.86 bits per heavy atom. The molecule has 0 aliphatic carbocycles. The Balaban J connectivity index is 3.41. The van der Waals surface area contributed by atoms with E-state index in [0.717, 1.165) is 25.7 Å². The van der Waals surface area contributed by atoms with Crippen molar-refractivity contribution in [3.8, 4) is 6.07 Å². The predicted octanol–water partition coefficient (Wildman–Crippen LogP) is -0.0179. The van der Waals surface area contributed by atoms with Crippen LogP contribution in [0.4, 0.5) is 0 Å². The van der Waals surface area contributed by atoms with Crippen molar-refractivity contribution >= 4 is 10.0 Å². The number of nitrogens with one attached hydrogen (secondary N) is 1. The molecular weight excluding hydrogens is 204 g/mol. The number of rotatable bonds is 8. The predicted molar refractivity (Wildman–Crippen MR) is 53.0 cm³/mol. The number of unbranched alkanes of at least 4 members (excludes halogenated alkanes) is 3. The number of aliphatic hydroxyl groups excluding tert-OH is 1. The molecule has 0 aliphatic heterocycles. The topological polar surface area (TPSA) is 90.2 Å². The van der Waals surface area contributed by atoms with E-state index in [9.17, 15) is 8.42 Å². The average molecular weight is 220 g/mol. The lowest BCUT2D eigenvalue weighted by atomic mass is 10.2. The van der Waals surface area contributed by atoms with Crippen LogP contribution in [0, 0.1) is 11.3 Å². The summed E-state index contributed by atoms with van der Waals surface area (Å²) in [5.41, 5.74) is 0. The molecule has 0 aliphatic rings. The van der Waals surface area contributed by atoms with Crippen molar-refractivity contribution in [3.63, 3.8) is 0 Å². The van der Waals surface area contributed by atoms with Gasteiger partial charge in [-0.25, -0.2) is 13.1 Å². The Bertz CT molecular complexity index is 269. The molecule has 14 heavy (non-hydrogen) atoms. The van der Waals surface area contributed by atoms with Gasteiger partial charge in [-0.1, -0.05) is 12.8 Å². The van der Waals surface area contributed by atoms with Crippen LogP contribution in [0.1, 0.15) is 25.7 Å². The molecule has 0 saturated heterocycles. The highest BCUT2D eigenvalue weighted by atomic mass is 32.2. The minimum Gasteiger partial charge on any atom is -0.396 e. The molecule has 0 unspecified atom stereocenters. The van der Waals surface area contributed by atoms with Crippen LogP contribution in [0.3, 0.4) is 0 Å². The summed E-state index contributed by atoms with van der Waals surface area (Å²) in [4.78, 5) is 0. The molecule has 5 nitrogen and oxygen atoms in total. The third-order valence-corrected chi connectivity index (χ3v) is 2.81. The van der Waals surface area contributed by atoms with Crippen LogP contribution in [0.15, 0.2) is 0 Å². The van der Waals surface area contributed by atoms with Crippen molar-refractivity contribution in [3.05, 3.63) is 0 Å². The summed E-state index contributed by atoms with van der Waals surface area (Å²) in [5, 5.41) is 16.7. The third-order valence-electron chi connectivity index (χ3n) is 1.66. The van der Waals surface area contributed by atoms with Gasteiger partial charge >= 0.3 is 0 Å². The van der Waals surface area contributed by atoms with Crippen LogP contribution in [-0.2, 0) is 10.0 Å². The fraction of sp³-hybridized carbons (Fsp3) is 0.875. The van der Waals surface area contributed by atoms with Crippen LogP contribution in [0.2, 0.25) is 0 Å². The molecule has 0 amide bonds. The molecule has 0 spiro atoms. The van der Waals surface area contributed by atoms with E-state index in [-0.39, 0.29) is 6.61 Å². The molecule has 0 bridgehead atoms. The molecule has 0 rings (SSSR count). The number of nitriles is 1. The molecule has 0 radical (unpaired) electrons. The highest BCUT2D eigenvalue weighted by Gasteiger charge is 2.06. The van der Waals surface area contributed by atoms with Gasteiger partial charge in [0.1, 0.15) is 0 Å². The zero-order chi connectivity index (χ0) is 10.9. The van der Waals surface area contributed by atoms with E-state index in [1.165, 1.54) is 0 Å². The van der Waals surface area contributed by atoms with Gasteiger partial charge in [-0.3, -0.25) is 0 Å². The Morgan fingerprint density at radius 1 is 1.21 bits per heavy atom. The highest BCUT2D eigenvalue weighted by Crippen LogP contribution is 1.98. The normalized spacial score (nSPS) is 11.1. The second-order valence-corrected chi connectivity index (χ2v) is 4.76. The van der Waals surface area contributed by atoms with E-state index in [2.05, 4.69) is 4.72 Å². The zero-order valence-corrected chi connectivity index (χ0v) is 8.89. The van der Waals surface area contributed by atoms with Crippen molar-refractivity contribution in [1.82, 2.24) is 4.72 Å². The second-order valence-electron chi connectivity index (χ2n) is 2.95. The summed E-state index contributed by atoms with van der Waals surface area (Å²) in [6.07, 6.45) is 3.28. The number of hydrogen-bond donors (Lipinski definition) is 2. The van der Waals surface area contributed by atoms with E-state index in [1.807, 2.05) is 0 Å². The van der Waals surface area contributed by atoms with Gasteiger partial charge in [0.25, 0.3) is 0 Å². The first-order chi connectivity index (χ1) is 6.62. The maximum absolute atomic E-state index is 10.9. The van der Waals surface area contributed by atoms with Crippen LogP contribution >= 0.6 is 0 Å². The number of aliphatic hydroxyl groups is 1. The fourth-order valence-corrected chi connectivity index (χ4v) is 1.68. The summed E-state index contributed by atoms with van der Waals surface area (Å²) in [7, 11) is -3.38. The number of sulfonamides is 1. The highest BCUT2D eigenvalue weighted by molar-refractivity contribution is 7.89. The maximum atomic E-state index is 10.9. The van der Waals surface area contributed by atoms with E-state index in [4.69, 9.17) is 10.4 Å². The van der Waals surface area contributed by atoms with E-state index in [1.54, 1.807) is 6.07 Å². The second kappa shape index (κ2) is 7.74. The Morgan fingerprint density at radius 3 is 2.43 bits per heavy atom. The average Bonchev–Trinajstić information content (AvgIpc) is 2.11. The molecule has 6 heteroatoms. The van der Waals surface area contributed by atoms with Crippen molar-refractivity contribution in [2.45, 2.75) is 25.7 Å². The molecule has 0 aromatic rings. The quantitative estimate of drug-likeness (QED) is 0.563. The fourth-order valence-electron chi connectivity index (χ4n) is 0.954. The molecule has 0 aromatic heterocycles. The van der Waals surface area contributed by atoms with Gasteiger partial charge in [0, 0.05) is 13.2 Å². The first-order valence-electron chi connectivity index (χ1n) is 4.57. The first-order valence-corrected chi connectivity index (χ1v) is 6.23. The van der Waals surface area contributed by atoms with E-state index >= 15 is 0 Å². The number of nitrogens with zero attached hydrogens (tertiary/aromatic N) is 1. The molecule has 0 atom stereocenters. The minimum atomic E-state index is -3.38. The summed E-state index contributed by atoms with van der Waals surface area (Å²) in [6, 6.07) is 1.59. The number of hydrogen-bond acceptors (Lipinski definition) is 4. The van der Waals surface area contributed by atoms with Crippen molar-refractivity contribution in [2.75, 3.05) is 18.9 Å². The monoisotopic (exact) mass is 220 g/mol. The SMILES string of the molecule is N#CCS(=O)(=O)NCCCCCCO. The van der Waals surface area contributed by atoms with Gasteiger partial charge in [0.15, 0.2) is 5.75 Å². The molecule has 0 heterocycles. The Kier molecular flexibility index (Phi) is 7.38. The van der Waals surface area contributed by atoms with Gasteiger partial charge in [0.05, 0.1) is 6.07 Å². The largest absolute Gasteiger partial charge is 0.396 e. The van der Waals surface area contributed by atoms with E-state index < -0.39 is 15.8 Å². The van der Waals surface area contributed by atoms with Crippen molar-refractivity contribution in [2.24, 2.45) is 0 Å². The molecule has 0 fully saturated rings. The molecular formula is C8H16N2O3S. The van der Waals surface area contributed by atoms with Crippen LogP contribution in [0.5, 0.6) is 0 Å². The minimum absolute atomic E-state index is 0.181. The van der Waals surface area contributed by atoms with Crippen LogP contribution in [0.25, 0.3) is 0 Å². The standard InChI is InChI=1S/C8H16N2O3S/c9-5-8-14(12,13)10-6-3-1-2-4-7-11/h10-11H,1-4,6-8H2. The van der Waals surface area contributed by atoms with Crippen LogP contribution < -0.4 is 4.72 Å². The smallest absolute Gasteiger partial charge is 0.225 e. The molecule has 0 saturated carbocycles. The molecule has 0 aromatic carbocycles. The zero-order valence-electron chi connectivity index (χ0n) is 8.07. The summed E-state index contributed by atoms with van der Waals surface area (Å²) >= 11 is 0. The lowest BCUT2D eigenvalue weighted by molar-refractivity contribution is 0.282. The van der Waals surface area contributed by atoms with Gasteiger partial charge in [-0.2, -0.15) is 5.26 Å². The first kappa shape index (κ1) is 13.4. The molecule has 2 N–H and O–H groups in total. The van der Waals surface area contributed by atoms with Gasteiger partial charge in [-0.15, -0.1) is 0 Å². The lowest BCUT2D eigenvalue weighted by Gasteiger charge is -2.02. The Hall–Kier alpha value is -0.640. The summed E-state index contributed by atoms with van der Waals surface area (Å²) in [6.45, 7) is 0.551. The van der Waals surface area contributed by atoms with Crippen LogP contribution in [-0.4, -0.2) is 32.4 Å². The van der Waals surface area contributed by atoms with Gasteiger partial charge < -0.3 is 5.11 Å². The van der Waals surface area contributed by atoms with E-state index in [0.29, 0.717) is 6.54 Å². The van der Waals surface area contributed by atoms with Gasteiger partial charge in [0.2, 0.25) is 10.0 Å². The third kappa shape index (κ3) is 7.98. The Labute approximate surface area is 84.8 Å². The maximum Gasteiger partial charge on any atom is 0.225 e. The lowest BCUT2D eigenvalue weighted by Crippen LogP contribution is -2.26. The summed E-state index contributed by atoms with van der Waals surface area (Å²) < 4.78 is 24.2. The van der Waals surface area contributed by atoms with Crippen molar-refractivity contribution < 1.29 is 13.5 Å². The van der Waals surface area contributed by atoms with Gasteiger partial charge in [-0.05, 0) is 12.8 Å². The molecule has 82 valence electrons. The summed E-state index contributed by atoms with van der Waals surface area (Å²) in [5.74, 6) is -0.482.